The molecule has 5 nitrogen and oxygen atoms in total. The SMILES string of the molecule is CN=C(NCC(C(C)C)N1CCN(C)CC1)NCC1(c2ccccc2)CCC1. The minimum absolute atomic E-state index is 0.272. The molecule has 1 aliphatic carbocycles. The van der Waals surface area contributed by atoms with E-state index in [1.807, 2.05) is 7.05 Å². The first kappa shape index (κ1) is 21.1. The van der Waals surface area contributed by atoms with Crippen LogP contribution in [0.25, 0.3) is 0 Å². The van der Waals surface area contributed by atoms with Crippen LogP contribution in [0.3, 0.4) is 0 Å². The molecule has 0 aromatic heterocycles. The quantitative estimate of drug-likeness (QED) is 0.559. The van der Waals surface area contributed by atoms with Crippen LogP contribution >= 0.6 is 0 Å². The summed E-state index contributed by atoms with van der Waals surface area (Å²) in [5, 5.41) is 7.24. The van der Waals surface area contributed by atoms with Gasteiger partial charge in [-0.2, -0.15) is 0 Å². The summed E-state index contributed by atoms with van der Waals surface area (Å²) in [4.78, 5) is 9.56. The fourth-order valence-electron chi connectivity index (χ4n) is 4.58. The second-order valence-corrected chi connectivity index (χ2v) is 8.96. The average Bonchev–Trinajstić information content (AvgIpc) is 2.67. The number of likely N-dealkylation sites (N-methyl/N-ethyl adjacent to an activating group) is 1. The van der Waals surface area contributed by atoms with Crippen molar-refractivity contribution in [2.24, 2.45) is 10.9 Å². The van der Waals surface area contributed by atoms with E-state index in [2.05, 4.69) is 76.7 Å². The van der Waals surface area contributed by atoms with Gasteiger partial charge in [-0.1, -0.05) is 50.6 Å². The van der Waals surface area contributed by atoms with Crippen molar-refractivity contribution in [2.75, 3.05) is 53.4 Å². The average molecular weight is 386 g/mol. The molecule has 1 aromatic carbocycles. The van der Waals surface area contributed by atoms with Crippen LogP contribution in [0.4, 0.5) is 0 Å². The maximum atomic E-state index is 4.50. The summed E-state index contributed by atoms with van der Waals surface area (Å²) in [6.07, 6.45) is 3.84. The highest BCUT2D eigenvalue weighted by atomic mass is 15.3. The molecule has 5 heteroatoms. The summed E-state index contributed by atoms with van der Waals surface area (Å²) in [7, 11) is 4.10. The zero-order valence-corrected chi connectivity index (χ0v) is 18.2. The van der Waals surface area contributed by atoms with Crippen LogP contribution < -0.4 is 10.6 Å². The van der Waals surface area contributed by atoms with Gasteiger partial charge < -0.3 is 15.5 Å². The number of nitrogens with zero attached hydrogens (tertiary/aromatic N) is 3. The summed E-state index contributed by atoms with van der Waals surface area (Å²) in [5.74, 6) is 1.55. The molecule has 1 aromatic rings. The van der Waals surface area contributed by atoms with Crippen LogP contribution in [0.1, 0.15) is 38.7 Å². The highest BCUT2D eigenvalue weighted by molar-refractivity contribution is 5.79. The molecule has 0 bridgehead atoms. The third-order valence-electron chi connectivity index (χ3n) is 6.77. The lowest BCUT2D eigenvalue weighted by atomic mass is 9.64. The fourth-order valence-corrected chi connectivity index (χ4v) is 4.58. The smallest absolute Gasteiger partial charge is 0.191 e. The lowest BCUT2D eigenvalue weighted by Gasteiger charge is -2.43. The summed E-state index contributed by atoms with van der Waals surface area (Å²) < 4.78 is 0. The zero-order valence-electron chi connectivity index (χ0n) is 18.2. The first-order valence-electron chi connectivity index (χ1n) is 11.0. The molecule has 3 rings (SSSR count). The normalized spacial score (nSPS) is 22.0. The Morgan fingerprint density at radius 1 is 1.07 bits per heavy atom. The van der Waals surface area contributed by atoms with E-state index < -0.39 is 0 Å². The van der Waals surface area contributed by atoms with Crippen LogP contribution in [0, 0.1) is 5.92 Å². The first-order chi connectivity index (χ1) is 13.5. The van der Waals surface area contributed by atoms with Crippen LogP contribution in [-0.4, -0.2) is 75.2 Å². The van der Waals surface area contributed by atoms with E-state index in [4.69, 9.17) is 0 Å². The maximum Gasteiger partial charge on any atom is 0.191 e. The number of hydrogen-bond acceptors (Lipinski definition) is 3. The lowest BCUT2D eigenvalue weighted by Crippen LogP contribution is -2.56. The Bertz CT molecular complexity index is 615. The fraction of sp³-hybridized carbons (Fsp3) is 0.696. The van der Waals surface area contributed by atoms with Crippen molar-refractivity contribution >= 4 is 5.96 Å². The third kappa shape index (κ3) is 5.06. The third-order valence-corrected chi connectivity index (χ3v) is 6.77. The Balaban J connectivity index is 1.53. The summed E-state index contributed by atoms with van der Waals surface area (Å²) in [6.45, 7) is 11.2. The van der Waals surface area contributed by atoms with Crippen LogP contribution in [-0.2, 0) is 5.41 Å². The van der Waals surface area contributed by atoms with Crippen molar-refractivity contribution in [3.63, 3.8) is 0 Å². The lowest BCUT2D eigenvalue weighted by molar-refractivity contribution is 0.0899. The van der Waals surface area contributed by atoms with E-state index in [0.717, 1.165) is 45.2 Å². The van der Waals surface area contributed by atoms with E-state index in [9.17, 15) is 0 Å². The predicted molar refractivity (Wildman–Crippen MR) is 119 cm³/mol. The van der Waals surface area contributed by atoms with Crippen molar-refractivity contribution in [3.8, 4) is 0 Å². The summed E-state index contributed by atoms with van der Waals surface area (Å²) >= 11 is 0. The van der Waals surface area contributed by atoms with Crippen LogP contribution in [0.5, 0.6) is 0 Å². The molecule has 1 saturated carbocycles. The number of piperazine rings is 1. The molecule has 28 heavy (non-hydrogen) atoms. The van der Waals surface area contributed by atoms with Crippen LogP contribution in [0.15, 0.2) is 35.3 Å². The molecule has 2 N–H and O–H groups in total. The van der Waals surface area contributed by atoms with Crippen molar-refractivity contribution in [1.29, 1.82) is 0 Å². The van der Waals surface area contributed by atoms with Gasteiger partial charge >= 0.3 is 0 Å². The van der Waals surface area contributed by atoms with E-state index in [-0.39, 0.29) is 5.41 Å². The molecule has 156 valence electrons. The molecule has 2 aliphatic rings. The Morgan fingerprint density at radius 3 is 2.29 bits per heavy atom. The number of hydrogen-bond donors (Lipinski definition) is 2. The first-order valence-corrected chi connectivity index (χ1v) is 11.0. The maximum absolute atomic E-state index is 4.50. The molecular formula is C23H39N5. The highest BCUT2D eigenvalue weighted by Gasteiger charge is 2.38. The van der Waals surface area contributed by atoms with Gasteiger partial charge in [0.05, 0.1) is 0 Å². The molecule has 0 radical (unpaired) electrons. The summed E-state index contributed by atoms with van der Waals surface area (Å²) in [6, 6.07) is 11.5. The van der Waals surface area contributed by atoms with Gasteiger partial charge in [0.2, 0.25) is 0 Å². The number of guanidine groups is 1. The Labute approximate surface area is 171 Å². The largest absolute Gasteiger partial charge is 0.356 e. The zero-order chi connectivity index (χ0) is 20.0. The standard InChI is InChI=1S/C23H39N5/c1-19(2)21(28-15-13-27(4)14-16-28)17-25-22(24-3)26-18-23(11-8-12-23)20-9-6-5-7-10-20/h5-7,9-10,19,21H,8,11-18H2,1-4H3,(H2,24,25,26). The van der Waals surface area contributed by atoms with Gasteiger partial charge in [0.25, 0.3) is 0 Å². The minimum Gasteiger partial charge on any atom is -0.356 e. The second-order valence-electron chi connectivity index (χ2n) is 8.96. The molecule has 1 saturated heterocycles. The molecule has 1 unspecified atom stereocenters. The number of rotatable bonds is 7. The van der Waals surface area contributed by atoms with Crippen molar-refractivity contribution in [2.45, 2.75) is 44.6 Å². The molecule has 1 aliphatic heterocycles. The number of benzene rings is 1. The van der Waals surface area contributed by atoms with Gasteiger partial charge in [-0.25, -0.2) is 0 Å². The number of aliphatic imine (C=N–C) groups is 1. The van der Waals surface area contributed by atoms with Gasteiger partial charge in [-0.3, -0.25) is 9.89 Å². The Hall–Kier alpha value is -1.59. The topological polar surface area (TPSA) is 42.9 Å². The van der Waals surface area contributed by atoms with Gasteiger partial charge in [0.15, 0.2) is 5.96 Å². The molecule has 2 fully saturated rings. The summed E-state index contributed by atoms with van der Waals surface area (Å²) in [5.41, 5.74) is 1.73. The number of nitrogens with one attached hydrogen (secondary N) is 2. The molecular weight excluding hydrogens is 346 g/mol. The molecule has 0 spiro atoms. The van der Waals surface area contributed by atoms with E-state index >= 15 is 0 Å². The van der Waals surface area contributed by atoms with Crippen LogP contribution in [0.2, 0.25) is 0 Å². The van der Waals surface area contributed by atoms with E-state index in [1.165, 1.54) is 24.8 Å². The van der Waals surface area contributed by atoms with Gasteiger partial charge in [0, 0.05) is 57.8 Å². The second kappa shape index (κ2) is 9.75. The van der Waals surface area contributed by atoms with E-state index in [1.54, 1.807) is 0 Å². The predicted octanol–water partition coefficient (Wildman–Crippen LogP) is 2.55. The monoisotopic (exact) mass is 385 g/mol. The van der Waals surface area contributed by atoms with Crippen molar-refractivity contribution in [1.82, 2.24) is 20.4 Å². The van der Waals surface area contributed by atoms with E-state index in [0.29, 0.717) is 12.0 Å². The molecule has 1 atom stereocenters. The van der Waals surface area contributed by atoms with Gasteiger partial charge in [-0.15, -0.1) is 0 Å². The van der Waals surface area contributed by atoms with Gasteiger partial charge in [-0.05, 0) is 31.4 Å². The molecule has 1 heterocycles. The Morgan fingerprint density at radius 2 is 1.75 bits per heavy atom. The van der Waals surface area contributed by atoms with Crippen molar-refractivity contribution in [3.05, 3.63) is 35.9 Å². The van der Waals surface area contributed by atoms with Gasteiger partial charge in [0.1, 0.15) is 0 Å². The van der Waals surface area contributed by atoms with Crippen molar-refractivity contribution < 1.29 is 0 Å². The molecule has 0 amide bonds. The minimum atomic E-state index is 0.272. The Kier molecular flexibility index (Phi) is 7.36. The highest BCUT2D eigenvalue weighted by Crippen LogP contribution is 2.43.